The number of benzene rings is 1. The largest absolute Gasteiger partial charge is 0.241 e. The van der Waals surface area contributed by atoms with E-state index >= 15 is 0 Å². The summed E-state index contributed by atoms with van der Waals surface area (Å²) in [6.07, 6.45) is 4.34. The molecule has 0 saturated heterocycles. The lowest BCUT2D eigenvalue weighted by molar-refractivity contribution is 0.950. The van der Waals surface area contributed by atoms with Crippen molar-refractivity contribution in [1.82, 2.24) is 9.97 Å². The lowest BCUT2D eigenvalue weighted by Crippen LogP contribution is -1.98. The fourth-order valence-corrected chi connectivity index (χ4v) is 1.78. The van der Waals surface area contributed by atoms with Crippen LogP contribution in [0.4, 0.5) is 0 Å². The second kappa shape index (κ2) is 5.28. The van der Waals surface area contributed by atoms with Gasteiger partial charge < -0.3 is 0 Å². The molecule has 0 bridgehead atoms. The highest BCUT2D eigenvalue weighted by molar-refractivity contribution is 6.17. The van der Waals surface area contributed by atoms with Gasteiger partial charge in [-0.05, 0) is 30.5 Å². The van der Waals surface area contributed by atoms with E-state index in [1.54, 1.807) is 12.4 Å². The third kappa shape index (κ3) is 3.04. The number of hydrogen-bond acceptors (Lipinski definition) is 2. The summed E-state index contributed by atoms with van der Waals surface area (Å²) in [7, 11) is 0. The lowest BCUT2D eigenvalue weighted by Gasteiger charge is -2.04. The smallest absolute Gasteiger partial charge is 0.132 e. The number of rotatable bonds is 3. The quantitative estimate of drug-likeness (QED) is 0.776. The Morgan fingerprint density at radius 2 is 1.71 bits per heavy atom. The van der Waals surface area contributed by atoms with Gasteiger partial charge in [-0.1, -0.05) is 18.2 Å². The molecule has 1 aromatic carbocycles. The van der Waals surface area contributed by atoms with Crippen molar-refractivity contribution in [3.05, 3.63) is 58.7 Å². The molecule has 0 aliphatic heterocycles. The van der Waals surface area contributed by atoms with E-state index in [-0.39, 0.29) is 0 Å². The first kappa shape index (κ1) is 12.1. The molecular formula is C14H15ClN2. The molecule has 0 aliphatic rings. The molecule has 0 fully saturated rings. The Hall–Kier alpha value is -1.41. The zero-order valence-electron chi connectivity index (χ0n) is 10.1. The van der Waals surface area contributed by atoms with Gasteiger partial charge >= 0.3 is 0 Å². The zero-order chi connectivity index (χ0) is 12.3. The zero-order valence-corrected chi connectivity index (χ0v) is 10.8. The Bertz CT molecular complexity index is 506. The Labute approximate surface area is 107 Å². The average molecular weight is 247 g/mol. The summed E-state index contributed by atoms with van der Waals surface area (Å²) >= 11 is 5.70. The van der Waals surface area contributed by atoms with E-state index in [0.717, 1.165) is 17.8 Å². The van der Waals surface area contributed by atoms with E-state index in [1.165, 1.54) is 16.7 Å². The number of hydrogen-bond donors (Lipinski definition) is 0. The van der Waals surface area contributed by atoms with Crippen LogP contribution in [-0.4, -0.2) is 9.97 Å². The molecule has 2 aromatic rings. The maximum absolute atomic E-state index is 5.70. The molecular weight excluding hydrogens is 232 g/mol. The lowest BCUT2D eigenvalue weighted by atomic mass is 10.0. The second-order valence-corrected chi connectivity index (χ2v) is 4.50. The predicted octanol–water partition coefficient (Wildman–Crippen LogP) is 3.42. The van der Waals surface area contributed by atoms with E-state index < -0.39 is 0 Å². The van der Waals surface area contributed by atoms with Crippen LogP contribution in [0.3, 0.4) is 0 Å². The van der Waals surface area contributed by atoms with Crippen molar-refractivity contribution in [3.8, 4) is 0 Å². The first-order valence-corrected chi connectivity index (χ1v) is 6.14. The highest BCUT2D eigenvalue weighted by Crippen LogP contribution is 2.12. The van der Waals surface area contributed by atoms with Crippen molar-refractivity contribution in [2.24, 2.45) is 0 Å². The van der Waals surface area contributed by atoms with Crippen molar-refractivity contribution in [3.63, 3.8) is 0 Å². The van der Waals surface area contributed by atoms with Crippen molar-refractivity contribution < 1.29 is 0 Å². The van der Waals surface area contributed by atoms with Gasteiger partial charge in [-0.25, -0.2) is 9.97 Å². The Kier molecular flexibility index (Phi) is 3.75. The van der Waals surface area contributed by atoms with Gasteiger partial charge in [0.2, 0.25) is 0 Å². The Morgan fingerprint density at radius 1 is 1.00 bits per heavy atom. The van der Waals surface area contributed by atoms with Crippen molar-refractivity contribution >= 4 is 11.6 Å². The number of nitrogens with zero attached hydrogens (tertiary/aromatic N) is 2. The fraction of sp³-hybridized carbons (Fsp3) is 0.286. The molecule has 0 unspecified atom stereocenters. The molecule has 0 N–H and O–H groups in total. The number of aryl methyl sites for hydroxylation is 2. The Balaban J connectivity index is 2.16. The van der Waals surface area contributed by atoms with Crippen LogP contribution in [0.5, 0.6) is 0 Å². The number of halogens is 1. The normalized spacial score (nSPS) is 10.5. The van der Waals surface area contributed by atoms with Gasteiger partial charge in [0.15, 0.2) is 0 Å². The monoisotopic (exact) mass is 246 g/mol. The standard InChI is InChI=1S/C14H15ClN2/c1-10-3-4-12(5-11(10)2)6-14-16-8-13(7-15)9-17-14/h3-5,8-9H,6-7H2,1-2H3. The Morgan fingerprint density at radius 3 is 2.29 bits per heavy atom. The SMILES string of the molecule is Cc1ccc(Cc2ncc(CCl)cn2)cc1C. The van der Waals surface area contributed by atoms with E-state index in [9.17, 15) is 0 Å². The van der Waals surface area contributed by atoms with E-state index in [4.69, 9.17) is 11.6 Å². The number of aromatic nitrogens is 2. The van der Waals surface area contributed by atoms with Gasteiger partial charge in [0.05, 0.1) is 5.88 Å². The van der Waals surface area contributed by atoms with E-state index in [0.29, 0.717) is 5.88 Å². The molecule has 0 spiro atoms. The summed E-state index contributed by atoms with van der Waals surface area (Å²) in [5.74, 6) is 1.30. The van der Waals surface area contributed by atoms with E-state index in [1.807, 2.05) is 0 Å². The summed E-state index contributed by atoms with van der Waals surface area (Å²) in [5, 5.41) is 0. The molecule has 2 nitrogen and oxygen atoms in total. The van der Waals surface area contributed by atoms with Gasteiger partial charge in [-0.15, -0.1) is 11.6 Å². The highest BCUT2D eigenvalue weighted by Gasteiger charge is 2.01. The molecule has 0 saturated carbocycles. The molecule has 1 heterocycles. The van der Waals surface area contributed by atoms with E-state index in [2.05, 4.69) is 42.0 Å². The van der Waals surface area contributed by atoms with Crippen LogP contribution >= 0.6 is 11.6 Å². The first-order chi connectivity index (χ1) is 8.19. The van der Waals surface area contributed by atoms with Gasteiger partial charge in [0, 0.05) is 24.4 Å². The van der Waals surface area contributed by atoms with Crippen LogP contribution in [-0.2, 0) is 12.3 Å². The molecule has 0 atom stereocenters. The summed E-state index contributed by atoms with van der Waals surface area (Å²) < 4.78 is 0. The molecule has 2 rings (SSSR count). The topological polar surface area (TPSA) is 25.8 Å². The third-order valence-corrected chi connectivity index (χ3v) is 3.16. The van der Waals surface area contributed by atoms with Crippen LogP contribution in [0, 0.1) is 13.8 Å². The second-order valence-electron chi connectivity index (χ2n) is 4.24. The average Bonchev–Trinajstić information content (AvgIpc) is 2.35. The minimum atomic E-state index is 0.462. The first-order valence-electron chi connectivity index (χ1n) is 5.61. The molecule has 0 radical (unpaired) electrons. The highest BCUT2D eigenvalue weighted by atomic mass is 35.5. The van der Waals surface area contributed by atoms with Crippen LogP contribution < -0.4 is 0 Å². The van der Waals surface area contributed by atoms with Crippen molar-refractivity contribution in [2.45, 2.75) is 26.1 Å². The summed E-state index contributed by atoms with van der Waals surface area (Å²) in [4.78, 5) is 8.60. The van der Waals surface area contributed by atoms with Crippen molar-refractivity contribution in [2.75, 3.05) is 0 Å². The summed E-state index contributed by atoms with van der Waals surface area (Å²) in [6, 6.07) is 6.45. The van der Waals surface area contributed by atoms with Crippen molar-refractivity contribution in [1.29, 1.82) is 0 Å². The van der Waals surface area contributed by atoms with Gasteiger partial charge in [0.25, 0.3) is 0 Å². The van der Waals surface area contributed by atoms with Crippen LogP contribution in [0.25, 0.3) is 0 Å². The van der Waals surface area contributed by atoms with Crippen LogP contribution in [0.1, 0.15) is 28.1 Å². The summed E-state index contributed by atoms with van der Waals surface area (Å²) in [5.41, 5.74) is 4.81. The third-order valence-electron chi connectivity index (χ3n) is 2.85. The van der Waals surface area contributed by atoms with Gasteiger partial charge in [-0.2, -0.15) is 0 Å². The maximum Gasteiger partial charge on any atom is 0.132 e. The molecule has 0 aliphatic carbocycles. The van der Waals surface area contributed by atoms with Crippen LogP contribution in [0.2, 0.25) is 0 Å². The van der Waals surface area contributed by atoms with Gasteiger partial charge in [-0.3, -0.25) is 0 Å². The van der Waals surface area contributed by atoms with Crippen LogP contribution in [0.15, 0.2) is 30.6 Å². The molecule has 88 valence electrons. The molecule has 1 aromatic heterocycles. The minimum Gasteiger partial charge on any atom is -0.241 e. The number of alkyl halides is 1. The van der Waals surface area contributed by atoms with Gasteiger partial charge in [0.1, 0.15) is 5.82 Å². The molecule has 0 amide bonds. The fourth-order valence-electron chi connectivity index (χ4n) is 1.64. The molecule has 17 heavy (non-hydrogen) atoms. The summed E-state index contributed by atoms with van der Waals surface area (Å²) in [6.45, 7) is 4.24. The predicted molar refractivity (Wildman–Crippen MR) is 70.3 cm³/mol. The minimum absolute atomic E-state index is 0.462. The maximum atomic E-state index is 5.70. The molecule has 3 heteroatoms.